The molecule has 11 heteroatoms. The Hall–Kier alpha value is -4.05. The summed E-state index contributed by atoms with van der Waals surface area (Å²) in [5, 5.41) is 3.33. The molecule has 0 spiro atoms. The van der Waals surface area contributed by atoms with Gasteiger partial charge in [0.2, 0.25) is 11.8 Å². The first-order valence-electron chi connectivity index (χ1n) is 14.4. The lowest BCUT2D eigenvalue weighted by Crippen LogP contribution is -2.53. The number of anilines is 1. The lowest BCUT2D eigenvalue weighted by molar-refractivity contribution is -0.140. The third kappa shape index (κ3) is 9.00. The zero-order valence-corrected chi connectivity index (χ0v) is 27.4. The minimum absolute atomic E-state index is 0.0165. The predicted octanol–water partition coefficient (Wildman–Crippen LogP) is 6.36. The van der Waals surface area contributed by atoms with Crippen LogP contribution in [0.4, 0.5) is 5.69 Å². The van der Waals surface area contributed by atoms with Crippen LogP contribution in [0, 0.1) is 0 Å². The first-order valence-corrected chi connectivity index (χ1v) is 16.6. The Balaban J connectivity index is 1.82. The predicted molar refractivity (Wildman–Crippen MR) is 178 cm³/mol. The van der Waals surface area contributed by atoms with Crippen LogP contribution in [0.1, 0.15) is 24.5 Å². The summed E-state index contributed by atoms with van der Waals surface area (Å²) >= 11 is 12.6. The van der Waals surface area contributed by atoms with E-state index in [0.717, 1.165) is 9.87 Å². The number of rotatable bonds is 14. The lowest BCUT2D eigenvalue weighted by atomic mass is 10.0. The fourth-order valence-electron chi connectivity index (χ4n) is 4.82. The van der Waals surface area contributed by atoms with Crippen molar-refractivity contribution < 1.29 is 22.7 Å². The number of halogens is 2. The molecule has 0 saturated heterocycles. The molecule has 4 aromatic carbocycles. The number of benzene rings is 4. The normalized spacial score (nSPS) is 11.8. The van der Waals surface area contributed by atoms with Crippen molar-refractivity contribution in [2.24, 2.45) is 0 Å². The summed E-state index contributed by atoms with van der Waals surface area (Å²) in [4.78, 5) is 29.6. The average Bonchev–Trinajstić information content (AvgIpc) is 3.04. The van der Waals surface area contributed by atoms with Crippen molar-refractivity contribution in [3.63, 3.8) is 0 Å². The summed E-state index contributed by atoms with van der Waals surface area (Å²) in [7, 11) is -2.73. The van der Waals surface area contributed by atoms with Crippen LogP contribution in [0.25, 0.3) is 0 Å². The second-order valence-electron chi connectivity index (χ2n) is 10.3. The van der Waals surface area contributed by atoms with Gasteiger partial charge in [0, 0.05) is 29.6 Å². The fourth-order valence-corrected chi connectivity index (χ4v) is 6.75. The van der Waals surface area contributed by atoms with Crippen molar-refractivity contribution in [3.8, 4) is 5.75 Å². The summed E-state index contributed by atoms with van der Waals surface area (Å²) in [5.41, 5.74) is 1.65. The highest BCUT2D eigenvalue weighted by atomic mass is 35.5. The summed E-state index contributed by atoms with van der Waals surface area (Å²) in [6.45, 7) is 1.75. The van der Waals surface area contributed by atoms with E-state index in [-0.39, 0.29) is 39.5 Å². The molecule has 8 nitrogen and oxygen atoms in total. The first-order chi connectivity index (χ1) is 21.6. The number of methoxy groups -OCH3 is 1. The van der Waals surface area contributed by atoms with E-state index in [1.165, 1.54) is 35.2 Å². The molecule has 0 aromatic heterocycles. The highest BCUT2D eigenvalue weighted by molar-refractivity contribution is 7.92. The number of amides is 2. The van der Waals surface area contributed by atoms with Crippen molar-refractivity contribution in [3.05, 3.63) is 124 Å². The molecule has 45 heavy (non-hydrogen) atoms. The smallest absolute Gasteiger partial charge is 0.264 e. The van der Waals surface area contributed by atoms with E-state index in [0.29, 0.717) is 24.3 Å². The van der Waals surface area contributed by atoms with E-state index in [9.17, 15) is 18.0 Å². The molecule has 0 radical (unpaired) electrons. The summed E-state index contributed by atoms with van der Waals surface area (Å²) in [6.07, 6.45) is 0.909. The van der Waals surface area contributed by atoms with Crippen LogP contribution in [0.5, 0.6) is 5.75 Å². The molecule has 2 amide bonds. The molecule has 0 aliphatic rings. The van der Waals surface area contributed by atoms with Crippen molar-refractivity contribution in [1.82, 2.24) is 10.2 Å². The van der Waals surface area contributed by atoms with Gasteiger partial charge < -0.3 is 15.0 Å². The number of hydrogen-bond acceptors (Lipinski definition) is 5. The van der Waals surface area contributed by atoms with Crippen molar-refractivity contribution in [1.29, 1.82) is 0 Å². The van der Waals surface area contributed by atoms with E-state index in [1.807, 2.05) is 43.3 Å². The molecule has 0 fully saturated rings. The second kappa shape index (κ2) is 15.8. The zero-order chi connectivity index (χ0) is 32.4. The van der Waals surface area contributed by atoms with Gasteiger partial charge in [0.05, 0.1) is 17.7 Å². The third-order valence-electron chi connectivity index (χ3n) is 7.05. The highest BCUT2D eigenvalue weighted by Crippen LogP contribution is 2.30. The van der Waals surface area contributed by atoms with Crippen LogP contribution >= 0.6 is 23.2 Å². The van der Waals surface area contributed by atoms with Crippen molar-refractivity contribution in [2.75, 3.05) is 24.5 Å². The molecule has 1 atom stereocenters. The van der Waals surface area contributed by atoms with Crippen molar-refractivity contribution in [2.45, 2.75) is 37.2 Å². The lowest BCUT2D eigenvalue weighted by Gasteiger charge is -2.34. The summed E-state index contributed by atoms with van der Waals surface area (Å²) in [6, 6.07) is 27.7. The minimum Gasteiger partial charge on any atom is -0.497 e. The average molecular weight is 669 g/mol. The number of nitrogens with zero attached hydrogens (tertiary/aromatic N) is 2. The number of hydrogen-bond donors (Lipinski definition) is 1. The number of carbonyl (C=O) groups is 2. The maximum atomic E-state index is 14.5. The fraction of sp³-hybridized carbons (Fsp3) is 0.235. The number of carbonyl (C=O) groups excluding carboxylic acids is 2. The molecule has 0 heterocycles. The van der Waals surface area contributed by atoms with Gasteiger partial charge in [0.1, 0.15) is 18.3 Å². The van der Waals surface area contributed by atoms with E-state index >= 15 is 0 Å². The van der Waals surface area contributed by atoms with Crippen LogP contribution in [-0.2, 0) is 32.6 Å². The molecule has 4 rings (SSSR count). The molecule has 0 unspecified atom stereocenters. The Morgan fingerprint density at radius 1 is 0.844 bits per heavy atom. The SMILES string of the molecule is CCCNC(=O)[C@H](Cc1ccccc1)N(Cc1cccc(OC)c1)C(=O)CN(c1cc(Cl)cc(Cl)c1)S(=O)(=O)c1ccccc1. The molecule has 4 aromatic rings. The quantitative estimate of drug-likeness (QED) is 0.169. The standard InChI is InChI=1S/C34H35Cl2N3O5S/c1-3-17-37-34(41)32(19-25-11-6-4-7-12-25)38(23-26-13-10-14-30(18-26)44-2)33(40)24-39(29-21-27(35)20-28(36)22-29)45(42,43)31-15-8-5-9-16-31/h4-16,18,20-22,32H,3,17,19,23-24H2,1-2H3,(H,37,41)/t32-/m0/s1. The second-order valence-corrected chi connectivity index (χ2v) is 13.1. The maximum Gasteiger partial charge on any atom is 0.264 e. The van der Waals surface area contributed by atoms with Gasteiger partial charge in [-0.15, -0.1) is 0 Å². The van der Waals surface area contributed by atoms with Gasteiger partial charge in [-0.1, -0.05) is 90.8 Å². The van der Waals surface area contributed by atoms with Crippen LogP contribution in [0.2, 0.25) is 10.0 Å². The Labute approximate surface area is 274 Å². The monoisotopic (exact) mass is 667 g/mol. The van der Waals surface area contributed by atoms with Gasteiger partial charge in [0.25, 0.3) is 10.0 Å². The number of sulfonamides is 1. The van der Waals surface area contributed by atoms with Crippen LogP contribution < -0.4 is 14.4 Å². The third-order valence-corrected chi connectivity index (χ3v) is 9.28. The summed E-state index contributed by atoms with van der Waals surface area (Å²) in [5.74, 6) is -0.363. The van der Waals surface area contributed by atoms with E-state index in [2.05, 4.69) is 5.32 Å². The Kier molecular flexibility index (Phi) is 11.9. The van der Waals surface area contributed by atoms with Crippen LogP contribution in [0.15, 0.2) is 108 Å². The zero-order valence-electron chi connectivity index (χ0n) is 25.0. The van der Waals surface area contributed by atoms with Gasteiger partial charge in [-0.05, 0) is 60.0 Å². The molecular formula is C34H35Cl2N3O5S. The molecule has 0 aliphatic carbocycles. The largest absolute Gasteiger partial charge is 0.497 e. The van der Waals surface area contributed by atoms with E-state index < -0.39 is 28.5 Å². The van der Waals surface area contributed by atoms with Crippen molar-refractivity contribution >= 4 is 50.7 Å². The molecule has 0 bridgehead atoms. The minimum atomic E-state index is -4.27. The van der Waals surface area contributed by atoms with Gasteiger partial charge in [-0.25, -0.2) is 8.42 Å². The Morgan fingerprint density at radius 2 is 1.47 bits per heavy atom. The van der Waals surface area contributed by atoms with Crippen LogP contribution in [-0.4, -0.2) is 51.4 Å². The van der Waals surface area contributed by atoms with Gasteiger partial charge in [-0.2, -0.15) is 0 Å². The topological polar surface area (TPSA) is 96.0 Å². The van der Waals surface area contributed by atoms with Gasteiger partial charge in [-0.3, -0.25) is 13.9 Å². The van der Waals surface area contributed by atoms with E-state index in [4.69, 9.17) is 27.9 Å². The van der Waals surface area contributed by atoms with E-state index in [1.54, 1.807) is 43.5 Å². The maximum absolute atomic E-state index is 14.5. The molecule has 1 N–H and O–H groups in total. The Morgan fingerprint density at radius 3 is 2.09 bits per heavy atom. The molecule has 236 valence electrons. The van der Waals surface area contributed by atoms with Gasteiger partial charge in [0.15, 0.2) is 0 Å². The highest BCUT2D eigenvalue weighted by Gasteiger charge is 2.34. The Bertz CT molecular complexity index is 1690. The molecule has 0 aliphatic heterocycles. The first kappa shape index (κ1) is 33.8. The molecular weight excluding hydrogens is 633 g/mol. The van der Waals surface area contributed by atoms with Gasteiger partial charge >= 0.3 is 0 Å². The molecule has 0 saturated carbocycles. The number of ether oxygens (including phenoxy) is 1. The summed E-state index contributed by atoms with van der Waals surface area (Å²) < 4.78 is 34.5. The number of nitrogens with one attached hydrogen (secondary N) is 1. The van der Waals surface area contributed by atoms with Crippen LogP contribution in [0.3, 0.4) is 0 Å².